The number of carbonyl (C=O) groups excluding carboxylic acids is 4. The van der Waals surface area contributed by atoms with E-state index in [2.05, 4.69) is 18.2 Å². The number of benzene rings is 2. The van der Waals surface area contributed by atoms with Gasteiger partial charge in [-0.1, -0.05) is 18.9 Å². The highest BCUT2D eigenvalue weighted by Gasteiger charge is 2.51. The van der Waals surface area contributed by atoms with Gasteiger partial charge in [0.25, 0.3) is 0 Å². The van der Waals surface area contributed by atoms with Crippen molar-refractivity contribution in [1.82, 2.24) is 0 Å². The highest BCUT2D eigenvalue weighted by Crippen LogP contribution is 2.60. The predicted octanol–water partition coefficient (Wildman–Crippen LogP) is 12.3. The lowest BCUT2D eigenvalue weighted by Gasteiger charge is -2.48. The second-order valence-corrected chi connectivity index (χ2v) is 20.1. The molecule has 6 aliphatic carbocycles. The van der Waals surface area contributed by atoms with Gasteiger partial charge in [0.2, 0.25) is 0 Å². The molecule has 2 aliphatic heterocycles. The second-order valence-electron chi connectivity index (χ2n) is 17.9. The Bertz CT molecular complexity index is 2860. The van der Waals surface area contributed by atoms with Crippen molar-refractivity contribution in [3.8, 4) is 0 Å². The summed E-state index contributed by atoms with van der Waals surface area (Å²) in [6, 6.07) is 7.28. The monoisotopic (exact) mass is 872 g/mol. The van der Waals surface area contributed by atoms with Crippen molar-refractivity contribution in [1.29, 1.82) is 0 Å². The Morgan fingerprint density at radius 3 is 1.58 bits per heavy atom. The number of Topliss-reactive ketones (excluding diaryl/α,β-unsaturated/α-hetero) is 4. The van der Waals surface area contributed by atoms with Gasteiger partial charge < -0.3 is 9.47 Å². The van der Waals surface area contributed by atoms with Crippen molar-refractivity contribution in [2.45, 2.75) is 87.7 Å². The summed E-state index contributed by atoms with van der Waals surface area (Å²) in [5.74, 6) is -5.47. The quantitative estimate of drug-likeness (QED) is 0.113. The Morgan fingerprint density at radius 1 is 0.565 bits per heavy atom. The lowest BCUT2D eigenvalue weighted by Crippen LogP contribution is -2.40. The summed E-state index contributed by atoms with van der Waals surface area (Å²) in [6.45, 7) is 0. The zero-order valence-electron chi connectivity index (χ0n) is 33.1. The number of ketones is 4. The van der Waals surface area contributed by atoms with Crippen molar-refractivity contribution < 1.29 is 46.2 Å². The van der Waals surface area contributed by atoms with Crippen molar-refractivity contribution in [2.24, 2.45) is 11.8 Å². The average Bonchev–Trinajstić information content (AvgIpc) is 4.00. The number of allylic oxidation sites excluding steroid dienone is 7. The minimum Gasteiger partial charge on any atom is -0.487 e. The molecule has 0 saturated heterocycles. The van der Waals surface area contributed by atoms with Crippen LogP contribution < -0.4 is 0 Å². The maximum atomic E-state index is 14.1. The predicted molar refractivity (Wildman–Crippen MR) is 225 cm³/mol. The number of ether oxygens (including phenoxy) is 2. The molecule has 2 aromatic heterocycles. The largest absolute Gasteiger partial charge is 0.487 e. The topological polar surface area (TPSA) is 86.7 Å². The molecular weight excluding hydrogens is 837 g/mol. The minimum absolute atomic E-state index is 0.0187. The molecule has 0 bridgehead atoms. The Labute approximate surface area is 361 Å². The van der Waals surface area contributed by atoms with Gasteiger partial charge in [-0.25, -0.2) is 17.6 Å². The molecule has 2 aromatic carbocycles. The molecule has 0 N–H and O–H groups in total. The molecule has 12 heteroatoms. The Hall–Kier alpha value is -5.46. The van der Waals surface area contributed by atoms with Crippen LogP contribution in [0.2, 0.25) is 0 Å². The first kappa shape index (κ1) is 38.2. The Kier molecular flexibility index (Phi) is 8.34. The molecule has 62 heavy (non-hydrogen) atoms. The molecule has 3 unspecified atom stereocenters. The highest BCUT2D eigenvalue weighted by molar-refractivity contribution is 7.14. The Balaban J connectivity index is 0.923. The first-order valence-electron chi connectivity index (χ1n) is 21.3. The summed E-state index contributed by atoms with van der Waals surface area (Å²) in [5.41, 5.74) is 1.19. The van der Waals surface area contributed by atoms with E-state index in [1.165, 1.54) is 11.3 Å². The average molecular weight is 873 g/mol. The molecule has 12 rings (SSSR count). The van der Waals surface area contributed by atoms with E-state index in [-0.39, 0.29) is 51.2 Å². The first-order valence-corrected chi connectivity index (χ1v) is 23.0. The van der Waals surface area contributed by atoms with Crippen LogP contribution >= 0.6 is 22.7 Å². The molecule has 312 valence electrons. The van der Waals surface area contributed by atoms with Crippen LogP contribution in [0.1, 0.15) is 149 Å². The van der Waals surface area contributed by atoms with Gasteiger partial charge in [-0.15, -0.1) is 22.7 Å². The van der Waals surface area contributed by atoms with Crippen molar-refractivity contribution >= 4 is 63.5 Å². The second kappa shape index (κ2) is 13.5. The number of thiophene rings is 2. The molecule has 4 aromatic rings. The van der Waals surface area contributed by atoms with E-state index in [0.717, 1.165) is 138 Å². The number of hydrogen-bond acceptors (Lipinski definition) is 8. The summed E-state index contributed by atoms with van der Waals surface area (Å²) in [6.07, 6.45) is 20.0. The standard InChI is InChI=1S/C50H36F4O6S2/c51-37-19-27-28(20-38(37)52)44(56)33(43(27)55)15-25-17-35-47(61-25)31-11-24-14-42-32(12-23(24)13-41(31)59-49(35)7-3-1-4-8-49)48-36(50(60-42)9-5-2-6-10-50)18-26(62-48)16-34-45(57)29-21-39(53)40(54)22-30(29)46(34)58/h11,13-24,32H,1-10,12H2. The normalized spacial score (nSPS) is 24.8. The van der Waals surface area contributed by atoms with E-state index in [0.29, 0.717) is 4.88 Å². The summed E-state index contributed by atoms with van der Waals surface area (Å²) in [7, 11) is 0. The van der Waals surface area contributed by atoms with Crippen molar-refractivity contribution in [3.63, 3.8) is 0 Å². The van der Waals surface area contributed by atoms with Crippen LogP contribution in [0.25, 0.3) is 17.7 Å². The lowest BCUT2D eigenvalue weighted by molar-refractivity contribution is -0.0553. The summed E-state index contributed by atoms with van der Waals surface area (Å²) in [5, 5.41) is 0. The number of rotatable bonds is 2. The third-order valence-corrected chi connectivity index (χ3v) is 16.7. The highest BCUT2D eigenvalue weighted by atomic mass is 32.1. The first-order chi connectivity index (χ1) is 29.9. The minimum atomic E-state index is -1.17. The van der Waals surface area contributed by atoms with Crippen LogP contribution in [-0.2, 0) is 20.7 Å². The third kappa shape index (κ3) is 5.50. The van der Waals surface area contributed by atoms with Gasteiger partial charge in [0.1, 0.15) is 22.7 Å². The summed E-state index contributed by atoms with van der Waals surface area (Å²) < 4.78 is 70.8. The van der Waals surface area contributed by atoms with E-state index >= 15 is 0 Å². The Morgan fingerprint density at radius 2 is 1.05 bits per heavy atom. The molecule has 4 heterocycles. The summed E-state index contributed by atoms with van der Waals surface area (Å²) in [4.78, 5) is 57.1. The number of fused-ring (bicyclic) bond motifs is 11. The fraction of sp³-hybridized carbons (Fsp3) is 0.320. The van der Waals surface area contributed by atoms with Crippen LogP contribution in [0.5, 0.6) is 0 Å². The summed E-state index contributed by atoms with van der Waals surface area (Å²) >= 11 is 3.03. The van der Waals surface area contributed by atoms with E-state index in [1.54, 1.807) is 23.5 Å². The van der Waals surface area contributed by atoms with Crippen LogP contribution in [0.3, 0.4) is 0 Å². The van der Waals surface area contributed by atoms with E-state index < -0.39 is 57.6 Å². The molecule has 3 atom stereocenters. The molecule has 2 saturated carbocycles. The van der Waals surface area contributed by atoms with Crippen LogP contribution in [0.4, 0.5) is 17.6 Å². The van der Waals surface area contributed by atoms with Gasteiger partial charge in [-0.3, -0.25) is 19.2 Å². The van der Waals surface area contributed by atoms with Crippen LogP contribution in [-0.4, -0.2) is 23.1 Å². The van der Waals surface area contributed by atoms with Crippen molar-refractivity contribution in [3.05, 3.63) is 153 Å². The number of hydrogen-bond donors (Lipinski definition) is 0. The molecule has 2 fully saturated rings. The van der Waals surface area contributed by atoms with Gasteiger partial charge in [0, 0.05) is 64.4 Å². The van der Waals surface area contributed by atoms with Gasteiger partial charge in [-0.2, -0.15) is 0 Å². The number of halogens is 4. The SMILES string of the molecule is O=C1C(=Cc2cc3c(s2)C2=CC4C=C5OC6(CCCCC6)c6cc(C=C7C(=O)c8cc(F)c(F)cc8C7=O)sc6C5CC4C=C2OC32CCCCC2)C(=O)c2cc(F)c(F)cc21. The molecule has 8 aliphatic rings. The molecule has 2 spiro atoms. The molecule has 0 amide bonds. The smallest absolute Gasteiger partial charge is 0.197 e. The maximum Gasteiger partial charge on any atom is 0.197 e. The van der Waals surface area contributed by atoms with Gasteiger partial charge in [-0.05, 0) is 124 Å². The third-order valence-electron chi connectivity index (χ3n) is 14.4. The maximum absolute atomic E-state index is 14.1. The lowest BCUT2D eigenvalue weighted by atomic mass is 9.68. The van der Waals surface area contributed by atoms with Gasteiger partial charge >= 0.3 is 0 Å². The zero-order chi connectivity index (χ0) is 42.4. The molecular formula is C50H36F4O6S2. The van der Waals surface area contributed by atoms with E-state index in [9.17, 15) is 36.7 Å². The molecule has 6 nitrogen and oxygen atoms in total. The van der Waals surface area contributed by atoms with Gasteiger partial charge in [0.05, 0.1) is 17.1 Å². The van der Waals surface area contributed by atoms with Crippen LogP contribution in [0.15, 0.2) is 77.3 Å². The van der Waals surface area contributed by atoms with Crippen molar-refractivity contribution in [2.75, 3.05) is 0 Å². The van der Waals surface area contributed by atoms with E-state index in [1.807, 2.05) is 12.1 Å². The van der Waals surface area contributed by atoms with Gasteiger partial charge in [0.15, 0.2) is 46.4 Å². The fourth-order valence-electron chi connectivity index (χ4n) is 11.3. The molecule has 0 radical (unpaired) electrons. The fourth-order valence-corrected chi connectivity index (χ4v) is 13.9. The van der Waals surface area contributed by atoms with Crippen LogP contribution in [0, 0.1) is 35.1 Å². The number of carbonyl (C=O) groups is 4. The van der Waals surface area contributed by atoms with E-state index in [4.69, 9.17) is 9.47 Å². The zero-order valence-corrected chi connectivity index (χ0v) is 34.8.